The van der Waals surface area contributed by atoms with Gasteiger partial charge in [-0.05, 0) is 41.7 Å². The number of carbonyl (C=O) groups excluding carboxylic acids is 1. The number of rotatable bonds is 5. The zero-order chi connectivity index (χ0) is 17.2. The summed E-state index contributed by atoms with van der Waals surface area (Å²) in [6.07, 6.45) is 2.65. The molecule has 25 heavy (non-hydrogen) atoms. The minimum atomic E-state index is -0.259. The lowest BCUT2D eigenvalue weighted by Crippen LogP contribution is -2.14. The highest BCUT2D eigenvalue weighted by Crippen LogP contribution is 2.39. The average Bonchev–Trinajstić information content (AvgIpc) is 3.35. The molecular weight excluding hydrogens is 317 g/mol. The van der Waals surface area contributed by atoms with Crippen LogP contribution >= 0.6 is 0 Å². The van der Waals surface area contributed by atoms with Crippen LogP contribution in [0.3, 0.4) is 0 Å². The highest BCUT2D eigenvalue weighted by atomic mass is 19.1. The zero-order valence-electron chi connectivity index (χ0n) is 13.6. The number of aromatic nitrogens is 2. The summed E-state index contributed by atoms with van der Waals surface area (Å²) in [5.74, 6) is 0.787. The predicted molar refractivity (Wildman–Crippen MR) is 94.7 cm³/mol. The second-order valence-corrected chi connectivity index (χ2v) is 6.42. The van der Waals surface area contributed by atoms with Crippen molar-refractivity contribution in [1.29, 1.82) is 0 Å². The van der Waals surface area contributed by atoms with Crippen LogP contribution in [-0.2, 0) is 11.2 Å². The van der Waals surface area contributed by atoms with E-state index in [9.17, 15) is 9.18 Å². The topological polar surface area (TPSA) is 57.8 Å². The molecule has 1 amide bonds. The smallest absolute Gasteiger partial charge is 0.229 e. The summed E-state index contributed by atoms with van der Waals surface area (Å²) in [6.45, 7) is 0. The van der Waals surface area contributed by atoms with Crippen LogP contribution in [0.5, 0.6) is 0 Å². The molecule has 0 unspecified atom stereocenters. The number of hydrogen-bond donors (Lipinski definition) is 2. The Bertz CT molecular complexity index is 897. The van der Waals surface area contributed by atoms with Crippen LogP contribution in [-0.4, -0.2) is 16.1 Å². The van der Waals surface area contributed by atoms with Crippen molar-refractivity contribution < 1.29 is 9.18 Å². The zero-order valence-corrected chi connectivity index (χ0v) is 13.6. The highest BCUT2D eigenvalue weighted by Gasteiger charge is 2.25. The van der Waals surface area contributed by atoms with Crippen LogP contribution in [0.15, 0.2) is 54.6 Å². The molecule has 4 rings (SSSR count). The van der Waals surface area contributed by atoms with E-state index in [1.807, 2.05) is 36.4 Å². The third-order valence-corrected chi connectivity index (χ3v) is 4.36. The maximum Gasteiger partial charge on any atom is 0.229 e. The Labute approximate surface area is 145 Å². The molecule has 4 nitrogen and oxygen atoms in total. The van der Waals surface area contributed by atoms with Gasteiger partial charge < -0.3 is 5.32 Å². The number of benzene rings is 2. The van der Waals surface area contributed by atoms with Crippen molar-refractivity contribution in [2.75, 3.05) is 5.32 Å². The van der Waals surface area contributed by atoms with E-state index in [0.717, 1.165) is 22.4 Å². The van der Waals surface area contributed by atoms with Gasteiger partial charge in [0.1, 0.15) is 5.82 Å². The Morgan fingerprint density at radius 1 is 1.12 bits per heavy atom. The molecule has 1 heterocycles. The quantitative estimate of drug-likeness (QED) is 0.731. The molecule has 0 bridgehead atoms. The third kappa shape index (κ3) is 3.76. The summed E-state index contributed by atoms with van der Waals surface area (Å²) in [6, 6.07) is 15.9. The number of aromatic amines is 1. The Kier molecular flexibility index (Phi) is 4.06. The molecule has 1 aliphatic carbocycles. The number of H-pyrrole nitrogens is 1. The second-order valence-electron chi connectivity index (χ2n) is 6.42. The number of nitrogens with one attached hydrogen (secondary N) is 2. The van der Waals surface area contributed by atoms with Crippen molar-refractivity contribution in [2.24, 2.45) is 0 Å². The normalized spacial score (nSPS) is 13.6. The summed E-state index contributed by atoms with van der Waals surface area (Å²) in [7, 11) is 0. The van der Waals surface area contributed by atoms with Gasteiger partial charge >= 0.3 is 0 Å². The van der Waals surface area contributed by atoms with Crippen molar-refractivity contribution in [3.8, 4) is 11.1 Å². The molecule has 0 atom stereocenters. The molecule has 0 saturated heterocycles. The Morgan fingerprint density at radius 2 is 1.92 bits per heavy atom. The van der Waals surface area contributed by atoms with Crippen molar-refractivity contribution >= 4 is 11.7 Å². The number of hydrogen-bond acceptors (Lipinski definition) is 2. The molecule has 0 spiro atoms. The van der Waals surface area contributed by atoms with E-state index in [0.29, 0.717) is 11.7 Å². The number of amides is 1. The Balaban J connectivity index is 1.39. The van der Waals surface area contributed by atoms with Gasteiger partial charge in [-0.25, -0.2) is 4.39 Å². The molecule has 2 aromatic carbocycles. The average molecular weight is 335 g/mol. The van der Waals surface area contributed by atoms with E-state index in [1.165, 1.54) is 25.0 Å². The first-order valence-corrected chi connectivity index (χ1v) is 8.37. The fourth-order valence-corrected chi connectivity index (χ4v) is 2.86. The SMILES string of the molecule is O=C(Cc1ccc(-c2cccc(F)c2)cc1)Nc1cc(C2CC2)[nH]n1. The molecule has 3 aromatic rings. The molecule has 2 N–H and O–H groups in total. The fraction of sp³-hybridized carbons (Fsp3) is 0.200. The highest BCUT2D eigenvalue weighted by molar-refractivity contribution is 5.91. The molecule has 126 valence electrons. The van der Waals surface area contributed by atoms with Gasteiger partial charge in [0.15, 0.2) is 5.82 Å². The van der Waals surface area contributed by atoms with Crippen LogP contribution in [0.4, 0.5) is 10.2 Å². The third-order valence-electron chi connectivity index (χ3n) is 4.36. The van der Waals surface area contributed by atoms with E-state index in [-0.39, 0.29) is 18.1 Å². The molecule has 1 fully saturated rings. The Morgan fingerprint density at radius 3 is 2.64 bits per heavy atom. The van der Waals surface area contributed by atoms with Gasteiger partial charge in [0.25, 0.3) is 0 Å². The lowest BCUT2D eigenvalue weighted by Gasteiger charge is -2.05. The van der Waals surface area contributed by atoms with Crippen LogP contribution in [0.1, 0.15) is 30.0 Å². The summed E-state index contributed by atoms with van der Waals surface area (Å²) in [4.78, 5) is 12.2. The van der Waals surface area contributed by atoms with Gasteiger partial charge in [-0.3, -0.25) is 9.89 Å². The molecule has 1 saturated carbocycles. The maximum atomic E-state index is 13.3. The molecule has 1 aromatic heterocycles. The van der Waals surface area contributed by atoms with E-state index in [1.54, 1.807) is 6.07 Å². The van der Waals surface area contributed by atoms with Crippen LogP contribution in [0.2, 0.25) is 0 Å². The van der Waals surface area contributed by atoms with E-state index < -0.39 is 0 Å². The fourth-order valence-electron chi connectivity index (χ4n) is 2.86. The van der Waals surface area contributed by atoms with E-state index >= 15 is 0 Å². The van der Waals surface area contributed by atoms with Crippen molar-refractivity contribution in [2.45, 2.75) is 25.2 Å². The number of halogens is 1. The van der Waals surface area contributed by atoms with E-state index in [4.69, 9.17) is 0 Å². The molecule has 0 radical (unpaired) electrons. The van der Waals surface area contributed by atoms with Crippen LogP contribution in [0, 0.1) is 5.82 Å². The summed E-state index contributed by atoms with van der Waals surface area (Å²) >= 11 is 0. The van der Waals surface area contributed by atoms with Gasteiger partial charge in [-0.2, -0.15) is 5.10 Å². The first-order valence-electron chi connectivity index (χ1n) is 8.37. The lowest BCUT2D eigenvalue weighted by molar-refractivity contribution is -0.115. The van der Waals surface area contributed by atoms with Gasteiger partial charge in [-0.15, -0.1) is 0 Å². The first-order chi connectivity index (χ1) is 12.2. The summed E-state index contributed by atoms with van der Waals surface area (Å²) in [5.41, 5.74) is 3.73. The number of anilines is 1. The van der Waals surface area contributed by atoms with E-state index in [2.05, 4.69) is 15.5 Å². The van der Waals surface area contributed by atoms with Crippen molar-refractivity contribution in [3.63, 3.8) is 0 Å². The monoisotopic (exact) mass is 335 g/mol. The standard InChI is InChI=1S/C20H18FN3O/c21-17-3-1-2-16(11-17)14-6-4-13(5-7-14)10-20(25)22-19-12-18(23-24-19)15-8-9-15/h1-7,11-12,15H,8-10H2,(H2,22,23,24,25). The van der Waals surface area contributed by atoms with Gasteiger partial charge in [0.05, 0.1) is 6.42 Å². The Hall–Kier alpha value is -2.95. The predicted octanol–water partition coefficient (Wildman–Crippen LogP) is 4.27. The molecular formula is C20H18FN3O. The second kappa shape index (κ2) is 6.51. The first kappa shape index (κ1) is 15.6. The number of nitrogens with zero attached hydrogens (tertiary/aromatic N) is 1. The van der Waals surface area contributed by atoms with Gasteiger partial charge in [0, 0.05) is 17.7 Å². The molecule has 0 aliphatic heterocycles. The lowest BCUT2D eigenvalue weighted by atomic mass is 10.0. The summed E-state index contributed by atoms with van der Waals surface area (Å²) in [5, 5.41) is 9.92. The minimum Gasteiger partial charge on any atom is -0.309 e. The van der Waals surface area contributed by atoms with Crippen molar-refractivity contribution in [3.05, 3.63) is 71.7 Å². The van der Waals surface area contributed by atoms with Crippen molar-refractivity contribution in [1.82, 2.24) is 10.2 Å². The molecule has 1 aliphatic rings. The number of carbonyl (C=O) groups is 1. The van der Waals surface area contributed by atoms with Gasteiger partial charge in [0.2, 0.25) is 5.91 Å². The minimum absolute atomic E-state index is 0.104. The van der Waals surface area contributed by atoms with Crippen LogP contribution < -0.4 is 5.32 Å². The van der Waals surface area contributed by atoms with Gasteiger partial charge in [-0.1, -0.05) is 36.4 Å². The molecule has 5 heteroatoms. The maximum absolute atomic E-state index is 13.3. The van der Waals surface area contributed by atoms with Crippen LogP contribution in [0.25, 0.3) is 11.1 Å². The summed E-state index contributed by atoms with van der Waals surface area (Å²) < 4.78 is 13.3. The largest absolute Gasteiger partial charge is 0.309 e.